The molecule has 1 atom stereocenters. The van der Waals surface area contributed by atoms with Gasteiger partial charge in [-0.25, -0.2) is 5.48 Å². The molecule has 0 aliphatic heterocycles. The summed E-state index contributed by atoms with van der Waals surface area (Å²) in [7, 11) is -3.72. The molecule has 1 N–H and O–H groups in total. The maximum atomic E-state index is 11.6. The van der Waals surface area contributed by atoms with Crippen LogP contribution in [0, 0.1) is 5.92 Å². The highest BCUT2D eigenvalue weighted by atomic mass is 32.2. The molecular weight excluding hydrogens is 302 g/mol. The molecule has 0 bridgehead atoms. The molecular formula is C16H31NO4S. The Morgan fingerprint density at radius 3 is 2.23 bits per heavy atom. The number of nitrogens with one attached hydrogen (secondary N) is 1. The van der Waals surface area contributed by atoms with Crippen molar-refractivity contribution in [3.8, 4) is 0 Å². The van der Waals surface area contributed by atoms with Crippen molar-refractivity contribution in [3.05, 3.63) is 12.7 Å². The Morgan fingerprint density at radius 1 is 1.14 bits per heavy atom. The molecule has 0 saturated heterocycles. The number of rotatable bonds is 14. The Kier molecular flexibility index (Phi) is 12.1. The maximum absolute atomic E-state index is 11.6. The van der Waals surface area contributed by atoms with Gasteiger partial charge in [-0.2, -0.15) is 8.42 Å². The minimum atomic E-state index is -3.72. The van der Waals surface area contributed by atoms with Crippen molar-refractivity contribution in [1.82, 2.24) is 5.48 Å². The van der Waals surface area contributed by atoms with Crippen LogP contribution in [-0.2, 0) is 19.2 Å². The summed E-state index contributed by atoms with van der Waals surface area (Å²) >= 11 is 0. The van der Waals surface area contributed by atoms with Gasteiger partial charge in [0.25, 0.3) is 16.0 Å². The van der Waals surface area contributed by atoms with Gasteiger partial charge in [-0.3, -0.25) is 4.79 Å². The molecule has 0 saturated carbocycles. The van der Waals surface area contributed by atoms with Gasteiger partial charge in [-0.05, 0) is 18.4 Å². The summed E-state index contributed by atoms with van der Waals surface area (Å²) in [6.45, 7) is 7.31. The number of hydrogen-bond acceptors (Lipinski definition) is 4. The van der Waals surface area contributed by atoms with Gasteiger partial charge >= 0.3 is 0 Å². The largest absolute Gasteiger partial charge is 0.288 e. The SMILES string of the molecule is C=CC(=O)NOS(=O)(=O)CC(C)CCCCCCCCCC. The third kappa shape index (κ3) is 12.8. The zero-order valence-corrected chi connectivity index (χ0v) is 14.8. The highest BCUT2D eigenvalue weighted by molar-refractivity contribution is 7.86. The number of carbonyl (C=O) groups excluding carboxylic acids is 1. The maximum Gasteiger partial charge on any atom is 0.288 e. The minimum absolute atomic E-state index is 0.0192. The Morgan fingerprint density at radius 2 is 1.68 bits per heavy atom. The van der Waals surface area contributed by atoms with Crippen molar-refractivity contribution in [3.63, 3.8) is 0 Å². The van der Waals surface area contributed by atoms with E-state index < -0.39 is 16.0 Å². The predicted octanol–water partition coefficient (Wildman–Crippen LogP) is 3.72. The lowest BCUT2D eigenvalue weighted by Gasteiger charge is -2.11. The standard InChI is InChI=1S/C16H31NO4S/c1-4-6-7-8-9-10-11-12-13-15(3)14-22(19,20)21-17-16(18)5-2/h5,15H,2,4,6-14H2,1,3H3,(H,17,18). The molecule has 130 valence electrons. The van der Waals surface area contributed by atoms with Gasteiger partial charge in [0.2, 0.25) is 0 Å². The number of amides is 1. The van der Waals surface area contributed by atoms with E-state index in [1.165, 1.54) is 38.5 Å². The zero-order chi connectivity index (χ0) is 16.8. The van der Waals surface area contributed by atoms with Gasteiger partial charge in [0.1, 0.15) is 0 Å². The third-order valence-electron chi connectivity index (χ3n) is 3.49. The molecule has 22 heavy (non-hydrogen) atoms. The molecule has 0 aliphatic rings. The van der Waals surface area contributed by atoms with E-state index in [9.17, 15) is 13.2 Å². The summed E-state index contributed by atoms with van der Waals surface area (Å²) in [4.78, 5) is 10.9. The van der Waals surface area contributed by atoms with Crippen molar-refractivity contribution in [2.45, 2.75) is 71.6 Å². The quantitative estimate of drug-likeness (QED) is 0.299. The molecule has 0 radical (unpaired) electrons. The van der Waals surface area contributed by atoms with E-state index in [0.717, 1.165) is 25.3 Å². The predicted molar refractivity (Wildman–Crippen MR) is 89.6 cm³/mol. The molecule has 0 aromatic rings. The fraction of sp³-hybridized carbons (Fsp3) is 0.812. The van der Waals surface area contributed by atoms with Gasteiger partial charge in [0.15, 0.2) is 0 Å². The Labute approximate surface area is 135 Å². The van der Waals surface area contributed by atoms with E-state index in [2.05, 4.69) is 17.8 Å². The number of hydrogen-bond donors (Lipinski definition) is 1. The van der Waals surface area contributed by atoms with Crippen molar-refractivity contribution in [2.75, 3.05) is 5.75 Å². The summed E-state index contributed by atoms with van der Waals surface area (Å²) in [6, 6.07) is 0. The van der Waals surface area contributed by atoms with E-state index in [1.807, 2.05) is 12.4 Å². The van der Waals surface area contributed by atoms with Crippen LogP contribution >= 0.6 is 0 Å². The van der Waals surface area contributed by atoms with Crippen LogP contribution in [0.3, 0.4) is 0 Å². The number of carbonyl (C=O) groups is 1. The smallest absolute Gasteiger partial charge is 0.268 e. The van der Waals surface area contributed by atoms with E-state index in [-0.39, 0.29) is 11.7 Å². The van der Waals surface area contributed by atoms with Gasteiger partial charge in [0, 0.05) is 0 Å². The van der Waals surface area contributed by atoms with E-state index in [1.54, 1.807) is 0 Å². The van der Waals surface area contributed by atoms with Gasteiger partial charge < -0.3 is 0 Å². The second-order valence-electron chi connectivity index (χ2n) is 5.85. The van der Waals surface area contributed by atoms with Gasteiger partial charge in [-0.1, -0.05) is 71.8 Å². The van der Waals surface area contributed by atoms with Crippen LogP contribution in [0.15, 0.2) is 12.7 Å². The van der Waals surface area contributed by atoms with Crippen molar-refractivity contribution >= 4 is 16.0 Å². The van der Waals surface area contributed by atoms with Crippen LogP contribution < -0.4 is 5.48 Å². The van der Waals surface area contributed by atoms with Crippen LogP contribution in [0.5, 0.6) is 0 Å². The topological polar surface area (TPSA) is 72.5 Å². The number of hydroxylamine groups is 1. The van der Waals surface area contributed by atoms with Gasteiger partial charge in [0.05, 0.1) is 5.75 Å². The lowest BCUT2D eigenvalue weighted by Crippen LogP contribution is -2.28. The van der Waals surface area contributed by atoms with Gasteiger partial charge in [-0.15, -0.1) is 4.28 Å². The van der Waals surface area contributed by atoms with E-state index >= 15 is 0 Å². The van der Waals surface area contributed by atoms with E-state index in [0.29, 0.717) is 0 Å². The molecule has 0 fully saturated rings. The summed E-state index contributed by atoms with van der Waals surface area (Å²) in [5.74, 6) is -0.731. The molecule has 6 heteroatoms. The molecule has 0 aromatic heterocycles. The molecule has 5 nitrogen and oxygen atoms in total. The first kappa shape index (κ1) is 21.1. The first-order chi connectivity index (χ1) is 10.4. The summed E-state index contributed by atoms with van der Waals surface area (Å²) in [5.41, 5.74) is 1.83. The Balaban J connectivity index is 3.69. The minimum Gasteiger partial charge on any atom is -0.268 e. The fourth-order valence-corrected chi connectivity index (χ4v) is 3.38. The highest BCUT2D eigenvalue weighted by Crippen LogP contribution is 2.14. The Hall–Kier alpha value is -0.880. The molecule has 0 rings (SSSR count). The summed E-state index contributed by atoms with van der Waals surface area (Å²) in [5, 5.41) is 0. The first-order valence-electron chi connectivity index (χ1n) is 8.24. The van der Waals surface area contributed by atoms with Crippen LogP contribution in [0.4, 0.5) is 0 Å². The molecule has 1 unspecified atom stereocenters. The average molecular weight is 333 g/mol. The van der Waals surface area contributed by atoms with Crippen LogP contribution in [-0.4, -0.2) is 20.1 Å². The van der Waals surface area contributed by atoms with Crippen LogP contribution in [0.1, 0.15) is 71.6 Å². The average Bonchev–Trinajstić information content (AvgIpc) is 2.47. The van der Waals surface area contributed by atoms with E-state index in [4.69, 9.17) is 0 Å². The zero-order valence-electron chi connectivity index (χ0n) is 14.0. The fourth-order valence-electron chi connectivity index (χ4n) is 2.24. The third-order valence-corrected chi connectivity index (χ3v) is 4.81. The molecule has 0 aromatic carbocycles. The highest BCUT2D eigenvalue weighted by Gasteiger charge is 2.17. The van der Waals surface area contributed by atoms with Crippen molar-refractivity contribution in [1.29, 1.82) is 0 Å². The van der Waals surface area contributed by atoms with Crippen LogP contribution in [0.2, 0.25) is 0 Å². The second-order valence-corrected chi connectivity index (χ2v) is 7.46. The second kappa shape index (κ2) is 12.6. The molecule has 0 aliphatic carbocycles. The number of unbranched alkanes of at least 4 members (excludes halogenated alkanes) is 7. The molecule has 0 spiro atoms. The Bertz CT molecular complexity index is 406. The lowest BCUT2D eigenvalue weighted by atomic mass is 10.0. The molecule has 1 amide bonds. The monoisotopic (exact) mass is 333 g/mol. The lowest BCUT2D eigenvalue weighted by molar-refractivity contribution is -0.122. The summed E-state index contributed by atoms with van der Waals surface area (Å²) < 4.78 is 27.7. The first-order valence-corrected chi connectivity index (χ1v) is 9.82. The normalized spacial score (nSPS) is 12.8. The van der Waals surface area contributed by atoms with Crippen molar-refractivity contribution in [2.24, 2.45) is 5.92 Å². The van der Waals surface area contributed by atoms with Crippen molar-refractivity contribution < 1.29 is 17.5 Å². The molecule has 0 heterocycles. The van der Waals surface area contributed by atoms with Crippen LogP contribution in [0.25, 0.3) is 0 Å². The summed E-state index contributed by atoms with van der Waals surface area (Å²) in [6.07, 6.45) is 11.7.